The van der Waals surface area contributed by atoms with Crippen LogP contribution in [-0.4, -0.2) is 5.78 Å². The Kier molecular flexibility index (Phi) is 6.14. The SMILES string of the molecule is C/C=C\CCCCC(C)=O. The van der Waals surface area contributed by atoms with Crippen LogP contribution >= 0.6 is 0 Å². The molecule has 0 spiro atoms. The van der Waals surface area contributed by atoms with Crippen LogP contribution < -0.4 is 0 Å². The Morgan fingerprint density at radius 3 is 2.60 bits per heavy atom. The summed E-state index contributed by atoms with van der Waals surface area (Å²) in [6.07, 6.45) is 8.23. The summed E-state index contributed by atoms with van der Waals surface area (Å²) < 4.78 is 0. The topological polar surface area (TPSA) is 17.1 Å². The van der Waals surface area contributed by atoms with Gasteiger partial charge in [-0.3, -0.25) is 0 Å². The Morgan fingerprint density at radius 2 is 2.10 bits per heavy atom. The molecule has 0 aliphatic rings. The van der Waals surface area contributed by atoms with E-state index in [-0.39, 0.29) is 0 Å². The second-order valence-corrected chi connectivity index (χ2v) is 2.52. The Balaban J connectivity index is 2.98. The maximum absolute atomic E-state index is 10.5. The van der Waals surface area contributed by atoms with Crippen molar-refractivity contribution in [2.24, 2.45) is 0 Å². The molecule has 0 atom stereocenters. The molecule has 0 aromatic rings. The van der Waals surface area contributed by atoms with E-state index in [1.54, 1.807) is 6.92 Å². The fourth-order valence-electron chi connectivity index (χ4n) is 0.803. The second-order valence-electron chi connectivity index (χ2n) is 2.52. The van der Waals surface area contributed by atoms with Gasteiger partial charge in [0, 0.05) is 6.42 Å². The number of unbranched alkanes of at least 4 members (excludes halogenated alkanes) is 2. The number of rotatable bonds is 5. The van der Waals surface area contributed by atoms with Crippen LogP contribution in [-0.2, 0) is 4.79 Å². The lowest BCUT2D eigenvalue weighted by atomic mass is 10.1. The first-order valence-electron chi connectivity index (χ1n) is 3.88. The zero-order chi connectivity index (χ0) is 7.82. The number of carbonyl (C=O) groups excluding carboxylic acids is 1. The van der Waals surface area contributed by atoms with Crippen molar-refractivity contribution >= 4 is 5.78 Å². The van der Waals surface area contributed by atoms with Gasteiger partial charge in [-0.1, -0.05) is 12.2 Å². The highest BCUT2D eigenvalue weighted by Gasteiger charge is 1.90. The molecule has 0 radical (unpaired) electrons. The third kappa shape index (κ3) is 7.41. The van der Waals surface area contributed by atoms with Crippen LogP contribution in [0.4, 0.5) is 0 Å². The van der Waals surface area contributed by atoms with E-state index in [4.69, 9.17) is 0 Å². The van der Waals surface area contributed by atoms with Crippen molar-refractivity contribution < 1.29 is 4.79 Å². The molecule has 1 nitrogen and oxygen atoms in total. The summed E-state index contributed by atoms with van der Waals surface area (Å²) in [5.41, 5.74) is 0. The smallest absolute Gasteiger partial charge is 0.129 e. The lowest BCUT2D eigenvalue weighted by Gasteiger charge is -1.92. The largest absolute Gasteiger partial charge is 0.300 e. The summed E-state index contributed by atoms with van der Waals surface area (Å²) in [5, 5.41) is 0. The first-order valence-corrected chi connectivity index (χ1v) is 3.88. The minimum atomic E-state index is 0.306. The Bertz CT molecular complexity index is 114. The molecule has 0 unspecified atom stereocenters. The maximum atomic E-state index is 10.5. The van der Waals surface area contributed by atoms with Crippen LogP contribution in [0.3, 0.4) is 0 Å². The molecule has 0 fully saturated rings. The molecule has 0 amide bonds. The average Bonchev–Trinajstić information content (AvgIpc) is 1.87. The second kappa shape index (κ2) is 6.53. The average molecular weight is 140 g/mol. The van der Waals surface area contributed by atoms with Crippen molar-refractivity contribution in [3.63, 3.8) is 0 Å². The quantitative estimate of drug-likeness (QED) is 0.424. The van der Waals surface area contributed by atoms with Gasteiger partial charge >= 0.3 is 0 Å². The van der Waals surface area contributed by atoms with Crippen LogP contribution in [0, 0.1) is 0 Å². The summed E-state index contributed by atoms with van der Waals surface area (Å²) in [4.78, 5) is 10.5. The van der Waals surface area contributed by atoms with Gasteiger partial charge in [0.2, 0.25) is 0 Å². The van der Waals surface area contributed by atoms with Crippen LogP contribution in [0.5, 0.6) is 0 Å². The minimum Gasteiger partial charge on any atom is -0.300 e. The third-order valence-corrected chi connectivity index (χ3v) is 1.39. The van der Waals surface area contributed by atoms with E-state index in [1.807, 2.05) is 13.0 Å². The van der Waals surface area contributed by atoms with Gasteiger partial charge in [0.15, 0.2) is 0 Å². The lowest BCUT2D eigenvalue weighted by Crippen LogP contribution is -1.88. The number of ketones is 1. The number of Topliss-reactive ketones (excluding diaryl/α,β-unsaturated/α-hetero) is 1. The predicted octanol–water partition coefficient (Wildman–Crippen LogP) is 2.71. The summed E-state index contributed by atoms with van der Waals surface area (Å²) in [7, 11) is 0. The Morgan fingerprint density at radius 1 is 1.40 bits per heavy atom. The van der Waals surface area contributed by atoms with E-state index >= 15 is 0 Å². The molecule has 1 heteroatoms. The molecule has 0 heterocycles. The highest BCUT2D eigenvalue weighted by atomic mass is 16.1. The van der Waals surface area contributed by atoms with E-state index in [1.165, 1.54) is 0 Å². The number of hydrogen-bond acceptors (Lipinski definition) is 1. The van der Waals surface area contributed by atoms with Gasteiger partial charge in [0.1, 0.15) is 5.78 Å². The number of allylic oxidation sites excluding steroid dienone is 2. The van der Waals surface area contributed by atoms with Crippen LogP contribution in [0.25, 0.3) is 0 Å². The molecule has 0 saturated carbocycles. The van der Waals surface area contributed by atoms with Gasteiger partial charge in [-0.05, 0) is 33.1 Å². The molecular weight excluding hydrogens is 124 g/mol. The van der Waals surface area contributed by atoms with Crippen molar-refractivity contribution in [2.45, 2.75) is 39.5 Å². The van der Waals surface area contributed by atoms with Crippen molar-refractivity contribution in [3.05, 3.63) is 12.2 Å². The van der Waals surface area contributed by atoms with Crippen molar-refractivity contribution in [2.75, 3.05) is 0 Å². The first-order chi connectivity index (χ1) is 4.77. The van der Waals surface area contributed by atoms with Gasteiger partial charge in [-0.2, -0.15) is 0 Å². The van der Waals surface area contributed by atoms with E-state index in [0.717, 1.165) is 25.7 Å². The number of carbonyl (C=O) groups is 1. The van der Waals surface area contributed by atoms with Gasteiger partial charge < -0.3 is 4.79 Å². The zero-order valence-corrected chi connectivity index (χ0v) is 6.89. The van der Waals surface area contributed by atoms with Crippen LogP contribution in [0.15, 0.2) is 12.2 Å². The summed E-state index contributed by atoms with van der Waals surface area (Å²) in [5.74, 6) is 0.306. The normalized spacial score (nSPS) is 10.6. The molecule has 58 valence electrons. The van der Waals surface area contributed by atoms with Gasteiger partial charge in [0.25, 0.3) is 0 Å². The monoisotopic (exact) mass is 140 g/mol. The van der Waals surface area contributed by atoms with Crippen molar-refractivity contribution in [3.8, 4) is 0 Å². The summed E-state index contributed by atoms with van der Waals surface area (Å²) in [6, 6.07) is 0. The van der Waals surface area contributed by atoms with E-state index in [2.05, 4.69) is 6.08 Å². The maximum Gasteiger partial charge on any atom is 0.129 e. The third-order valence-electron chi connectivity index (χ3n) is 1.39. The van der Waals surface area contributed by atoms with Gasteiger partial charge in [-0.15, -0.1) is 0 Å². The van der Waals surface area contributed by atoms with E-state index in [0.29, 0.717) is 5.78 Å². The lowest BCUT2D eigenvalue weighted by molar-refractivity contribution is -0.117. The Hall–Kier alpha value is -0.590. The summed E-state index contributed by atoms with van der Waals surface area (Å²) >= 11 is 0. The molecule has 0 N–H and O–H groups in total. The molecule has 0 rings (SSSR count). The molecule has 0 aromatic carbocycles. The highest BCUT2D eigenvalue weighted by molar-refractivity contribution is 5.75. The highest BCUT2D eigenvalue weighted by Crippen LogP contribution is 2.00. The zero-order valence-electron chi connectivity index (χ0n) is 6.89. The molecule has 0 bridgehead atoms. The van der Waals surface area contributed by atoms with Crippen molar-refractivity contribution in [1.82, 2.24) is 0 Å². The minimum absolute atomic E-state index is 0.306. The molecule has 0 aliphatic carbocycles. The van der Waals surface area contributed by atoms with Gasteiger partial charge in [0.05, 0.1) is 0 Å². The molecular formula is C9H16O. The van der Waals surface area contributed by atoms with E-state index < -0.39 is 0 Å². The fourth-order valence-corrected chi connectivity index (χ4v) is 0.803. The summed E-state index contributed by atoms with van der Waals surface area (Å²) in [6.45, 7) is 3.67. The Labute approximate surface area is 63.1 Å². The van der Waals surface area contributed by atoms with Gasteiger partial charge in [-0.25, -0.2) is 0 Å². The van der Waals surface area contributed by atoms with Crippen LogP contribution in [0.2, 0.25) is 0 Å². The fraction of sp³-hybridized carbons (Fsp3) is 0.667. The first kappa shape index (κ1) is 9.41. The molecule has 10 heavy (non-hydrogen) atoms. The standard InChI is InChI=1S/C9H16O/c1-3-4-5-6-7-8-9(2)10/h3-4H,5-8H2,1-2H3/b4-3-. The molecule has 0 aliphatic heterocycles. The van der Waals surface area contributed by atoms with Crippen molar-refractivity contribution in [1.29, 1.82) is 0 Å². The predicted molar refractivity (Wildman–Crippen MR) is 44.0 cm³/mol. The van der Waals surface area contributed by atoms with E-state index in [9.17, 15) is 4.79 Å². The number of hydrogen-bond donors (Lipinski definition) is 0. The molecule has 0 saturated heterocycles. The van der Waals surface area contributed by atoms with Crippen LogP contribution in [0.1, 0.15) is 39.5 Å². The molecule has 0 aromatic heterocycles.